The molecule has 49 heavy (non-hydrogen) atoms. The summed E-state index contributed by atoms with van der Waals surface area (Å²) >= 11 is 1.73. The van der Waals surface area contributed by atoms with Crippen molar-refractivity contribution in [1.82, 2.24) is 15.0 Å². The number of rotatable bonds is 6. The van der Waals surface area contributed by atoms with Crippen LogP contribution in [0.4, 0.5) is 0 Å². The minimum Gasteiger partial charge on any atom is -0.236 e. The van der Waals surface area contributed by atoms with E-state index in [9.17, 15) is 0 Å². The molecule has 0 unspecified atom stereocenters. The normalized spacial score (nSPS) is 11.3. The molecule has 4 heteroatoms. The molecule has 2 heterocycles. The summed E-state index contributed by atoms with van der Waals surface area (Å²) in [4.78, 5) is 15.6. The van der Waals surface area contributed by atoms with Crippen molar-refractivity contribution in [3.8, 4) is 66.7 Å². The molecule has 0 atom stereocenters. The second-order valence-electron chi connectivity index (χ2n) is 12.1. The summed E-state index contributed by atoms with van der Waals surface area (Å²) < 4.78 is 1.17. The standard InChI is InChI=1S/C45H29N3S/c1-4-12-30(13-5-1)32-20-24-34(25-21-32)40-29-41(35-26-22-33(23-27-35)31-14-6-2-7-15-31)47-44(46-40)39-28-42-43(38-19-11-10-18-37(38)39)49-45(48-42)36-16-8-3-9-17-36/h1-29H. The lowest BCUT2D eigenvalue weighted by Gasteiger charge is -2.12. The number of nitrogens with zero attached hydrogens (tertiary/aromatic N) is 3. The van der Waals surface area contributed by atoms with Crippen molar-refractivity contribution in [2.24, 2.45) is 0 Å². The van der Waals surface area contributed by atoms with Crippen LogP contribution in [0.1, 0.15) is 0 Å². The summed E-state index contributed by atoms with van der Waals surface area (Å²) in [6, 6.07) is 61.4. The summed E-state index contributed by atoms with van der Waals surface area (Å²) in [6.45, 7) is 0. The lowest BCUT2D eigenvalue weighted by molar-refractivity contribution is 1.19. The van der Waals surface area contributed by atoms with Gasteiger partial charge in [0.1, 0.15) is 5.01 Å². The second kappa shape index (κ2) is 12.4. The first-order valence-corrected chi connectivity index (χ1v) is 17.2. The quantitative estimate of drug-likeness (QED) is 0.181. The summed E-state index contributed by atoms with van der Waals surface area (Å²) in [7, 11) is 0. The van der Waals surface area contributed by atoms with Gasteiger partial charge in [-0.2, -0.15) is 0 Å². The number of benzene rings is 7. The van der Waals surface area contributed by atoms with Gasteiger partial charge in [0.25, 0.3) is 0 Å². The van der Waals surface area contributed by atoms with Crippen LogP contribution in [0.3, 0.4) is 0 Å². The van der Waals surface area contributed by atoms with Crippen LogP contribution in [0.2, 0.25) is 0 Å². The number of thiazole rings is 1. The van der Waals surface area contributed by atoms with Crippen molar-refractivity contribution in [2.45, 2.75) is 0 Å². The van der Waals surface area contributed by atoms with E-state index in [-0.39, 0.29) is 0 Å². The first-order valence-electron chi connectivity index (χ1n) is 16.4. The third-order valence-electron chi connectivity index (χ3n) is 8.96. The second-order valence-corrected chi connectivity index (χ2v) is 13.1. The van der Waals surface area contributed by atoms with Gasteiger partial charge in [-0.25, -0.2) is 15.0 Å². The Balaban J connectivity index is 1.22. The zero-order valence-corrected chi connectivity index (χ0v) is 27.3. The molecule has 230 valence electrons. The van der Waals surface area contributed by atoms with Gasteiger partial charge >= 0.3 is 0 Å². The minimum atomic E-state index is 0.680. The molecular weight excluding hydrogens is 615 g/mol. The first kappa shape index (κ1) is 29.0. The van der Waals surface area contributed by atoms with Crippen LogP contribution in [0, 0.1) is 0 Å². The summed E-state index contributed by atoms with van der Waals surface area (Å²) in [5.74, 6) is 0.680. The predicted octanol–water partition coefficient (Wildman–Crippen LogP) is 12.2. The van der Waals surface area contributed by atoms with Gasteiger partial charge in [-0.3, -0.25) is 0 Å². The van der Waals surface area contributed by atoms with Crippen molar-refractivity contribution >= 4 is 32.3 Å². The fourth-order valence-electron chi connectivity index (χ4n) is 6.43. The van der Waals surface area contributed by atoms with E-state index < -0.39 is 0 Å². The highest BCUT2D eigenvalue weighted by Gasteiger charge is 2.18. The van der Waals surface area contributed by atoms with Gasteiger partial charge in [-0.1, -0.05) is 164 Å². The largest absolute Gasteiger partial charge is 0.236 e. The van der Waals surface area contributed by atoms with Gasteiger partial charge < -0.3 is 0 Å². The van der Waals surface area contributed by atoms with Gasteiger partial charge in [-0.05, 0) is 39.8 Å². The number of fused-ring (bicyclic) bond motifs is 3. The van der Waals surface area contributed by atoms with Gasteiger partial charge in [0, 0.05) is 27.6 Å². The van der Waals surface area contributed by atoms with Crippen LogP contribution in [-0.4, -0.2) is 15.0 Å². The number of aromatic nitrogens is 3. The van der Waals surface area contributed by atoms with Crippen LogP contribution in [-0.2, 0) is 0 Å². The van der Waals surface area contributed by atoms with E-state index in [1.807, 2.05) is 18.2 Å². The Kier molecular flexibility index (Phi) is 7.34. The van der Waals surface area contributed by atoms with Crippen LogP contribution in [0.25, 0.3) is 87.7 Å². The Labute approximate surface area is 288 Å². The molecule has 0 amide bonds. The zero-order chi connectivity index (χ0) is 32.6. The van der Waals surface area contributed by atoms with E-state index in [1.165, 1.54) is 27.0 Å². The summed E-state index contributed by atoms with van der Waals surface area (Å²) in [5, 5.41) is 3.27. The molecule has 0 saturated heterocycles. The Bertz CT molecular complexity index is 2460. The van der Waals surface area contributed by atoms with E-state index >= 15 is 0 Å². The Hall–Kier alpha value is -6.23. The third kappa shape index (κ3) is 5.58. The topological polar surface area (TPSA) is 38.7 Å². The molecule has 0 aliphatic heterocycles. The summed E-state index contributed by atoms with van der Waals surface area (Å²) in [5.41, 5.74) is 11.6. The van der Waals surface area contributed by atoms with E-state index in [2.05, 4.69) is 158 Å². The SMILES string of the molecule is c1ccc(-c2ccc(-c3cc(-c4ccc(-c5ccccc5)cc4)nc(-c4cc5nc(-c6ccccc6)sc5c5ccccc45)n3)cc2)cc1. The average molecular weight is 644 g/mol. The first-order chi connectivity index (χ1) is 24.3. The highest BCUT2D eigenvalue weighted by Crippen LogP contribution is 2.40. The molecule has 9 aromatic rings. The highest BCUT2D eigenvalue weighted by molar-refractivity contribution is 7.22. The molecule has 0 fully saturated rings. The smallest absolute Gasteiger partial charge is 0.161 e. The van der Waals surface area contributed by atoms with E-state index in [0.717, 1.165) is 54.9 Å². The van der Waals surface area contributed by atoms with Gasteiger partial charge in [0.2, 0.25) is 0 Å². The molecule has 0 saturated carbocycles. The molecule has 2 aromatic heterocycles. The lowest BCUT2D eigenvalue weighted by atomic mass is 9.99. The van der Waals surface area contributed by atoms with Crippen LogP contribution in [0.5, 0.6) is 0 Å². The molecule has 7 aromatic carbocycles. The molecule has 0 spiro atoms. The van der Waals surface area contributed by atoms with Gasteiger partial charge in [0.15, 0.2) is 5.82 Å². The fourth-order valence-corrected chi connectivity index (χ4v) is 7.52. The Morgan fingerprint density at radius 1 is 0.347 bits per heavy atom. The summed E-state index contributed by atoms with van der Waals surface area (Å²) in [6.07, 6.45) is 0. The Morgan fingerprint density at radius 3 is 1.31 bits per heavy atom. The maximum atomic E-state index is 5.25. The molecule has 0 N–H and O–H groups in total. The van der Waals surface area contributed by atoms with Crippen molar-refractivity contribution in [1.29, 1.82) is 0 Å². The highest BCUT2D eigenvalue weighted by atomic mass is 32.1. The van der Waals surface area contributed by atoms with Crippen molar-refractivity contribution in [2.75, 3.05) is 0 Å². The minimum absolute atomic E-state index is 0.680. The molecule has 3 nitrogen and oxygen atoms in total. The van der Waals surface area contributed by atoms with Crippen molar-refractivity contribution in [3.05, 3.63) is 176 Å². The Morgan fingerprint density at radius 2 is 0.776 bits per heavy atom. The van der Waals surface area contributed by atoms with Crippen molar-refractivity contribution in [3.63, 3.8) is 0 Å². The van der Waals surface area contributed by atoms with Crippen LogP contribution >= 0.6 is 11.3 Å². The zero-order valence-electron chi connectivity index (χ0n) is 26.5. The van der Waals surface area contributed by atoms with Gasteiger partial charge in [-0.15, -0.1) is 11.3 Å². The van der Waals surface area contributed by atoms with E-state index in [4.69, 9.17) is 15.0 Å². The fraction of sp³-hybridized carbons (Fsp3) is 0. The van der Waals surface area contributed by atoms with Crippen LogP contribution < -0.4 is 0 Å². The number of hydrogen-bond acceptors (Lipinski definition) is 4. The molecular formula is C45H29N3S. The number of hydrogen-bond donors (Lipinski definition) is 0. The lowest BCUT2D eigenvalue weighted by Crippen LogP contribution is -1.97. The average Bonchev–Trinajstić information content (AvgIpc) is 3.63. The molecule has 0 aliphatic carbocycles. The van der Waals surface area contributed by atoms with E-state index in [1.54, 1.807) is 11.3 Å². The maximum absolute atomic E-state index is 5.25. The van der Waals surface area contributed by atoms with Crippen molar-refractivity contribution < 1.29 is 0 Å². The van der Waals surface area contributed by atoms with Crippen LogP contribution in [0.15, 0.2) is 176 Å². The molecule has 0 aliphatic rings. The maximum Gasteiger partial charge on any atom is 0.161 e. The predicted molar refractivity (Wildman–Crippen MR) is 205 cm³/mol. The monoisotopic (exact) mass is 643 g/mol. The van der Waals surface area contributed by atoms with E-state index in [0.29, 0.717) is 5.82 Å². The van der Waals surface area contributed by atoms with Gasteiger partial charge in [0.05, 0.1) is 21.6 Å². The molecule has 0 bridgehead atoms. The third-order valence-corrected chi connectivity index (χ3v) is 10.1. The molecule has 0 radical (unpaired) electrons. The molecule has 9 rings (SSSR count).